The summed E-state index contributed by atoms with van der Waals surface area (Å²) in [6, 6.07) is 16.1. The number of hydrogen-bond acceptors (Lipinski definition) is 4. The highest BCUT2D eigenvalue weighted by Gasteiger charge is 2.31. The van der Waals surface area contributed by atoms with Crippen molar-refractivity contribution in [3.63, 3.8) is 0 Å². The number of carbonyl (C=O) groups is 1. The first-order valence-corrected chi connectivity index (χ1v) is 10.8. The number of thiophene rings is 1. The third-order valence-corrected chi connectivity index (χ3v) is 7.34. The summed E-state index contributed by atoms with van der Waals surface area (Å²) >= 11 is 7.27. The van der Waals surface area contributed by atoms with Crippen molar-refractivity contribution < 1.29 is 13.2 Å². The maximum atomic E-state index is 12.5. The quantitative estimate of drug-likeness (QED) is 0.709. The number of fused-ring (bicyclic) bond motifs is 3. The number of halogens is 1. The lowest BCUT2D eigenvalue weighted by Crippen LogP contribution is -2.21. The van der Waals surface area contributed by atoms with Crippen LogP contribution in [0.5, 0.6) is 0 Å². The molecule has 0 aliphatic carbocycles. The van der Waals surface area contributed by atoms with Crippen LogP contribution in [-0.4, -0.2) is 14.3 Å². The minimum atomic E-state index is -3.46. The largest absolute Gasteiger partial charge is 0.347 e. The van der Waals surface area contributed by atoms with Crippen molar-refractivity contribution >= 4 is 38.7 Å². The molecule has 1 aromatic heterocycles. The highest BCUT2D eigenvalue weighted by molar-refractivity contribution is 7.91. The fourth-order valence-electron chi connectivity index (χ4n) is 2.96. The maximum Gasteiger partial charge on any atom is 0.261 e. The summed E-state index contributed by atoms with van der Waals surface area (Å²) in [5.74, 6) is -0.320. The van der Waals surface area contributed by atoms with Crippen LogP contribution >= 0.6 is 22.9 Å². The zero-order valence-corrected chi connectivity index (χ0v) is 15.9. The highest BCUT2D eigenvalue weighted by Crippen LogP contribution is 2.43. The van der Waals surface area contributed by atoms with Crippen LogP contribution in [0.3, 0.4) is 0 Å². The van der Waals surface area contributed by atoms with Gasteiger partial charge in [-0.05, 0) is 29.3 Å². The lowest BCUT2D eigenvalue weighted by molar-refractivity contribution is 0.0955. The van der Waals surface area contributed by atoms with Crippen molar-refractivity contribution in [2.45, 2.75) is 17.2 Å². The fraction of sp³-hybridized carbons (Fsp3) is 0.105. The van der Waals surface area contributed by atoms with Gasteiger partial charge in [0.1, 0.15) is 0 Å². The van der Waals surface area contributed by atoms with E-state index in [1.54, 1.807) is 18.2 Å². The molecule has 3 aromatic rings. The molecule has 0 saturated carbocycles. The Morgan fingerprint density at radius 2 is 1.88 bits per heavy atom. The third-order valence-electron chi connectivity index (χ3n) is 4.20. The normalized spacial score (nSPS) is 14.3. The van der Waals surface area contributed by atoms with E-state index in [4.69, 9.17) is 11.6 Å². The number of hydrogen-bond donors (Lipinski definition) is 1. The standard InChI is InChI=1S/C19H14ClNO3S2/c20-14-6-7-15-17(9-14)26(23,24)11-13-8-16(25-18(13)15)19(22)21-10-12-4-2-1-3-5-12/h1-9H,10-11H2,(H,21,22). The highest BCUT2D eigenvalue weighted by atomic mass is 35.5. The molecule has 1 aliphatic heterocycles. The van der Waals surface area contributed by atoms with E-state index < -0.39 is 9.84 Å². The van der Waals surface area contributed by atoms with Crippen LogP contribution in [0.4, 0.5) is 0 Å². The molecule has 1 N–H and O–H groups in total. The molecule has 7 heteroatoms. The summed E-state index contributed by atoms with van der Waals surface area (Å²) in [4.78, 5) is 14.0. The number of carbonyl (C=O) groups excluding carboxylic acids is 1. The molecule has 0 atom stereocenters. The van der Waals surface area contributed by atoms with Crippen LogP contribution in [0.25, 0.3) is 10.4 Å². The van der Waals surface area contributed by atoms with Crippen LogP contribution in [0.2, 0.25) is 5.02 Å². The van der Waals surface area contributed by atoms with Gasteiger partial charge in [-0.15, -0.1) is 11.3 Å². The van der Waals surface area contributed by atoms with Crippen molar-refractivity contribution in [1.29, 1.82) is 0 Å². The zero-order chi connectivity index (χ0) is 18.3. The van der Waals surface area contributed by atoms with Gasteiger partial charge in [-0.1, -0.05) is 48.0 Å². The molecule has 0 radical (unpaired) electrons. The van der Waals surface area contributed by atoms with E-state index in [1.807, 2.05) is 30.3 Å². The van der Waals surface area contributed by atoms with Gasteiger partial charge in [-0.2, -0.15) is 0 Å². The number of nitrogens with one attached hydrogen (secondary N) is 1. The minimum absolute atomic E-state index is 0.113. The SMILES string of the molecule is O=C(NCc1ccccc1)c1cc2c(s1)-c1ccc(Cl)cc1S(=O)(=O)C2. The van der Waals surface area contributed by atoms with Gasteiger partial charge in [0.2, 0.25) is 0 Å². The predicted octanol–water partition coefficient (Wildman–Crippen LogP) is 4.29. The van der Waals surface area contributed by atoms with Gasteiger partial charge in [-0.25, -0.2) is 8.42 Å². The van der Waals surface area contributed by atoms with Crippen LogP contribution < -0.4 is 5.32 Å². The monoisotopic (exact) mass is 403 g/mol. The van der Waals surface area contributed by atoms with Crippen molar-refractivity contribution in [1.82, 2.24) is 5.32 Å². The second kappa shape index (κ2) is 6.54. The first-order valence-electron chi connectivity index (χ1n) is 7.91. The molecule has 4 rings (SSSR count). The summed E-state index contributed by atoms with van der Waals surface area (Å²) in [7, 11) is -3.46. The lowest BCUT2D eigenvalue weighted by atomic mass is 10.1. The summed E-state index contributed by atoms with van der Waals surface area (Å²) in [6.07, 6.45) is 0. The van der Waals surface area contributed by atoms with E-state index in [-0.39, 0.29) is 16.6 Å². The van der Waals surface area contributed by atoms with Gasteiger partial charge in [0.15, 0.2) is 9.84 Å². The second-order valence-electron chi connectivity index (χ2n) is 6.03. The number of rotatable bonds is 3. The Labute approximate surface area is 160 Å². The molecule has 4 nitrogen and oxygen atoms in total. The molecule has 0 fully saturated rings. The smallest absolute Gasteiger partial charge is 0.261 e. The van der Waals surface area contributed by atoms with Crippen molar-refractivity contribution in [3.8, 4) is 10.4 Å². The molecular weight excluding hydrogens is 390 g/mol. The van der Waals surface area contributed by atoms with Crippen molar-refractivity contribution in [2.75, 3.05) is 0 Å². The van der Waals surface area contributed by atoms with Crippen LogP contribution in [0.15, 0.2) is 59.5 Å². The average Bonchev–Trinajstić information content (AvgIpc) is 3.04. The van der Waals surface area contributed by atoms with E-state index in [0.29, 0.717) is 27.6 Å². The number of amides is 1. The Kier molecular flexibility index (Phi) is 4.34. The summed E-state index contributed by atoms with van der Waals surface area (Å²) in [6.45, 7) is 0.423. The zero-order valence-electron chi connectivity index (χ0n) is 13.5. The van der Waals surface area contributed by atoms with Crippen molar-refractivity contribution in [3.05, 3.63) is 75.6 Å². The molecule has 0 unspecified atom stereocenters. The van der Waals surface area contributed by atoms with E-state index in [2.05, 4.69) is 5.32 Å². The van der Waals surface area contributed by atoms with Gasteiger partial charge in [0, 0.05) is 22.0 Å². The minimum Gasteiger partial charge on any atom is -0.347 e. The molecular formula is C19H14ClNO3S2. The predicted molar refractivity (Wildman–Crippen MR) is 103 cm³/mol. The fourth-order valence-corrected chi connectivity index (χ4v) is 6.10. The molecule has 0 bridgehead atoms. The molecule has 0 spiro atoms. The maximum absolute atomic E-state index is 12.5. The number of sulfone groups is 1. The van der Waals surface area contributed by atoms with E-state index in [0.717, 1.165) is 10.4 Å². The van der Waals surface area contributed by atoms with Gasteiger partial charge in [0.25, 0.3) is 5.91 Å². The van der Waals surface area contributed by atoms with Crippen LogP contribution in [0.1, 0.15) is 20.8 Å². The van der Waals surface area contributed by atoms with E-state index in [9.17, 15) is 13.2 Å². The van der Waals surface area contributed by atoms with Gasteiger partial charge < -0.3 is 5.32 Å². The lowest BCUT2D eigenvalue weighted by Gasteiger charge is -2.16. The molecule has 1 aliphatic rings. The Hall–Kier alpha value is -2.15. The average molecular weight is 404 g/mol. The second-order valence-corrected chi connectivity index (χ2v) is 9.48. The molecule has 26 heavy (non-hydrogen) atoms. The summed E-state index contributed by atoms with van der Waals surface area (Å²) < 4.78 is 25.0. The Morgan fingerprint density at radius 3 is 2.65 bits per heavy atom. The summed E-state index contributed by atoms with van der Waals surface area (Å²) in [5, 5.41) is 3.26. The van der Waals surface area contributed by atoms with Crippen LogP contribution in [0, 0.1) is 0 Å². The molecule has 2 heterocycles. The topological polar surface area (TPSA) is 63.2 Å². The Balaban J connectivity index is 1.65. The van der Waals surface area contributed by atoms with Gasteiger partial charge in [-0.3, -0.25) is 4.79 Å². The third kappa shape index (κ3) is 3.16. The molecule has 1 amide bonds. The molecule has 2 aromatic carbocycles. The van der Waals surface area contributed by atoms with Gasteiger partial charge >= 0.3 is 0 Å². The van der Waals surface area contributed by atoms with Crippen LogP contribution in [-0.2, 0) is 22.1 Å². The number of benzene rings is 2. The van der Waals surface area contributed by atoms with E-state index in [1.165, 1.54) is 17.4 Å². The van der Waals surface area contributed by atoms with Gasteiger partial charge in [0.05, 0.1) is 15.5 Å². The Bertz CT molecular complexity index is 1110. The first-order chi connectivity index (χ1) is 12.4. The molecule has 132 valence electrons. The first kappa shape index (κ1) is 17.3. The summed E-state index contributed by atoms with van der Waals surface area (Å²) in [5.41, 5.74) is 2.28. The Morgan fingerprint density at radius 1 is 1.12 bits per heavy atom. The molecule has 0 saturated heterocycles. The van der Waals surface area contributed by atoms with E-state index >= 15 is 0 Å². The van der Waals surface area contributed by atoms with Crippen molar-refractivity contribution in [2.24, 2.45) is 0 Å².